The van der Waals surface area contributed by atoms with E-state index in [9.17, 15) is 0 Å². The number of aryl methyl sites for hydroxylation is 3. The molecule has 0 saturated carbocycles. The number of hydrogen-bond donors (Lipinski definition) is 1. The number of hydrogen-bond acceptors (Lipinski definition) is 5. The summed E-state index contributed by atoms with van der Waals surface area (Å²) in [7, 11) is 0. The van der Waals surface area contributed by atoms with Gasteiger partial charge in [-0.25, -0.2) is 4.98 Å². The van der Waals surface area contributed by atoms with E-state index in [0.29, 0.717) is 5.78 Å². The fraction of sp³-hybridized carbons (Fsp3) is 0.583. The van der Waals surface area contributed by atoms with Crippen LogP contribution in [0, 0.1) is 20.8 Å². The molecule has 8 heteroatoms. The zero-order valence-corrected chi connectivity index (χ0v) is 13.3. The highest BCUT2D eigenvalue weighted by Crippen LogP contribution is 2.24. The maximum absolute atomic E-state index is 6.04. The van der Waals surface area contributed by atoms with Gasteiger partial charge in [0.05, 0.1) is 11.4 Å². The second-order valence-corrected chi connectivity index (χ2v) is 4.72. The Kier molecular flexibility index (Phi) is 5.56. The van der Waals surface area contributed by atoms with Crippen LogP contribution in [-0.4, -0.2) is 38.8 Å². The summed E-state index contributed by atoms with van der Waals surface area (Å²) in [4.78, 5) is 8.72. The molecule has 0 spiro atoms. The average molecular weight is 320 g/mol. The van der Waals surface area contributed by atoms with Gasteiger partial charge < -0.3 is 10.1 Å². The maximum atomic E-state index is 6.04. The van der Waals surface area contributed by atoms with Crippen molar-refractivity contribution in [3.05, 3.63) is 17.2 Å². The molecule has 0 unspecified atom stereocenters. The highest BCUT2D eigenvalue weighted by Gasteiger charge is 2.20. The lowest BCUT2D eigenvalue weighted by molar-refractivity contribution is 0.217. The van der Waals surface area contributed by atoms with Gasteiger partial charge in [-0.05, 0) is 33.7 Å². The molecule has 0 amide bonds. The van der Waals surface area contributed by atoms with Gasteiger partial charge in [0.25, 0.3) is 5.78 Å². The minimum atomic E-state index is 0. The van der Waals surface area contributed by atoms with E-state index < -0.39 is 0 Å². The van der Waals surface area contributed by atoms with Gasteiger partial charge >= 0.3 is 0 Å². The normalized spacial score (nSPS) is 17.6. The standard InChI is InChI=1S/C12H17N5O.2ClH/c1-7-11(18-10-4-5-13-6-10)8(2)17-12(14-7)15-9(3)16-17;;/h10,13H,4-6H2,1-3H3;2*1H/t10-;;/m1../s1. The van der Waals surface area contributed by atoms with Crippen LogP contribution in [0.25, 0.3) is 5.78 Å². The number of halogens is 2. The minimum Gasteiger partial charge on any atom is -0.485 e. The third-order valence-corrected chi connectivity index (χ3v) is 3.24. The van der Waals surface area contributed by atoms with Gasteiger partial charge in [-0.2, -0.15) is 9.50 Å². The van der Waals surface area contributed by atoms with Crippen molar-refractivity contribution in [1.29, 1.82) is 0 Å². The summed E-state index contributed by atoms with van der Waals surface area (Å²) in [6.07, 6.45) is 1.26. The van der Waals surface area contributed by atoms with Gasteiger partial charge in [-0.3, -0.25) is 0 Å². The number of nitrogens with one attached hydrogen (secondary N) is 1. The van der Waals surface area contributed by atoms with Crippen LogP contribution in [0.4, 0.5) is 0 Å². The summed E-state index contributed by atoms with van der Waals surface area (Å²) in [5.41, 5.74) is 1.84. The van der Waals surface area contributed by atoms with E-state index in [1.54, 1.807) is 4.52 Å². The molecule has 1 N–H and O–H groups in total. The number of fused-ring (bicyclic) bond motifs is 1. The Bertz CT molecular complexity index is 595. The van der Waals surface area contributed by atoms with E-state index in [2.05, 4.69) is 20.4 Å². The molecule has 0 radical (unpaired) electrons. The quantitative estimate of drug-likeness (QED) is 0.911. The summed E-state index contributed by atoms with van der Waals surface area (Å²) in [5, 5.41) is 7.63. The highest BCUT2D eigenvalue weighted by molar-refractivity contribution is 5.85. The molecule has 0 bridgehead atoms. The number of aromatic nitrogens is 4. The Morgan fingerprint density at radius 2 is 1.95 bits per heavy atom. The van der Waals surface area contributed by atoms with Crippen molar-refractivity contribution in [2.24, 2.45) is 0 Å². The average Bonchev–Trinajstić information content (AvgIpc) is 2.93. The van der Waals surface area contributed by atoms with E-state index >= 15 is 0 Å². The van der Waals surface area contributed by atoms with Crippen molar-refractivity contribution < 1.29 is 4.74 Å². The van der Waals surface area contributed by atoms with Crippen LogP contribution in [0.1, 0.15) is 23.6 Å². The topological polar surface area (TPSA) is 64.3 Å². The van der Waals surface area contributed by atoms with Gasteiger partial charge in [0.15, 0.2) is 5.75 Å². The Morgan fingerprint density at radius 3 is 2.60 bits per heavy atom. The second-order valence-electron chi connectivity index (χ2n) is 4.72. The zero-order valence-electron chi connectivity index (χ0n) is 11.7. The Hall–Kier alpha value is -1.11. The Balaban J connectivity index is 0.000001000. The fourth-order valence-corrected chi connectivity index (χ4v) is 2.33. The van der Waals surface area contributed by atoms with Gasteiger partial charge in [0, 0.05) is 6.54 Å². The molecule has 112 valence electrons. The van der Waals surface area contributed by atoms with Gasteiger partial charge in [-0.1, -0.05) is 0 Å². The predicted molar refractivity (Wildman–Crippen MR) is 81.4 cm³/mol. The molecule has 0 aliphatic carbocycles. The molecule has 1 saturated heterocycles. The predicted octanol–water partition coefficient (Wildman–Crippen LogP) is 1.63. The van der Waals surface area contributed by atoms with Gasteiger partial charge in [0.1, 0.15) is 11.9 Å². The van der Waals surface area contributed by atoms with E-state index in [0.717, 1.165) is 42.5 Å². The SMILES string of the molecule is Cc1nc2nc(C)c(O[C@@H]3CCNC3)c(C)n2n1.Cl.Cl. The van der Waals surface area contributed by atoms with Crippen LogP contribution in [0.3, 0.4) is 0 Å². The molecular formula is C12H19Cl2N5O. The monoisotopic (exact) mass is 319 g/mol. The minimum absolute atomic E-state index is 0. The lowest BCUT2D eigenvalue weighted by Crippen LogP contribution is -2.21. The maximum Gasteiger partial charge on any atom is 0.253 e. The van der Waals surface area contributed by atoms with Crippen LogP contribution in [0.2, 0.25) is 0 Å². The molecule has 2 aromatic heterocycles. The van der Waals surface area contributed by atoms with Crippen molar-refractivity contribution >= 4 is 30.6 Å². The van der Waals surface area contributed by atoms with Crippen LogP contribution >= 0.6 is 24.8 Å². The number of ether oxygens (including phenoxy) is 1. The fourth-order valence-electron chi connectivity index (χ4n) is 2.33. The van der Waals surface area contributed by atoms with Crippen LogP contribution in [0.5, 0.6) is 5.75 Å². The molecule has 3 rings (SSSR count). The summed E-state index contributed by atoms with van der Waals surface area (Å²) >= 11 is 0. The van der Waals surface area contributed by atoms with Crippen molar-refractivity contribution in [2.75, 3.05) is 13.1 Å². The first-order valence-electron chi connectivity index (χ1n) is 6.23. The number of nitrogens with zero attached hydrogens (tertiary/aromatic N) is 4. The van der Waals surface area contributed by atoms with Crippen LogP contribution in [0.15, 0.2) is 0 Å². The highest BCUT2D eigenvalue weighted by atomic mass is 35.5. The molecule has 20 heavy (non-hydrogen) atoms. The summed E-state index contributed by atoms with van der Waals surface area (Å²) in [6.45, 7) is 7.72. The Morgan fingerprint density at radius 1 is 1.20 bits per heavy atom. The molecule has 0 aromatic carbocycles. The van der Waals surface area contributed by atoms with Crippen molar-refractivity contribution in [3.63, 3.8) is 0 Å². The molecule has 1 aliphatic heterocycles. The molecule has 1 fully saturated rings. The van der Waals surface area contributed by atoms with Crippen molar-refractivity contribution in [3.8, 4) is 5.75 Å². The first-order chi connectivity index (χ1) is 8.65. The molecule has 3 heterocycles. The van der Waals surface area contributed by atoms with Gasteiger partial charge in [-0.15, -0.1) is 29.9 Å². The van der Waals surface area contributed by atoms with Crippen molar-refractivity contribution in [1.82, 2.24) is 24.9 Å². The molecule has 1 atom stereocenters. The summed E-state index contributed by atoms with van der Waals surface area (Å²) in [6, 6.07) is 0. The zero-order chi connectivity index (χ0) is 12.7. The number of rotatable bonds is 2. The smallest absolute Gasteiger partial charge is 0.253 e. The van der Waals surface area contributed by atoms with Crippen LogP contribution in [-0.2, 0) is 0 Å². The van der Waals surface area contributed by atoms with E-state index in [1.807, 2.05) is 20.8 Å². The van der Waals surface area contributed by atoms with E-state index in [4.69, 9.17) is 4.74 Å². The molecular weight excluding hydrogens is 301 g/mol. The molecule has 6 nitrogen and oxygen atoms in total. The lowest BCUT2D eigenvalue weighted by Gasteiger charge is -2.16. The van der Waals surface area contributed by atoms with E-state index in [1.165, 1.54) is 0 Å². The van der Waals surface area contributed by atoms with E-state index in [-0.39, 0.29) is 30.9 Å². The third kappa shape index (κ3) is 2.97. The van der Waals surface area contributed by atoms with Crippen LogP contribution < -0.4 is 10.1 Å². The second kappa shape index (κ2) is 6.56. The lowest BCUT2D eigenvalue weighted by atomic mass is 10.3. The first-order valence-corrected chi connectivity index (χ1v) is 6.23. The summed E-state index contributed by atoms with van der Waals surface area (Å²) in [5.74, 6) is 2.20. The summed E-state index contributed by atoms with van der Waals surface area (Å²) < 4.78 is 7.79. The largest absolute Gasteiger partial charge is 0.485 e. The third-order valence-electron chi connectivity index (χ3n) is 3.24. The van der Waals surface area contributed by atoms with Gasteiger partial charge in [0.2, 0.25) is 0 Å². The van der Waals surface area contributed by atoms with Crippen molar-refractivity contribution in [2.45, 2.75) is 33.3 Å². The molecule has 2 aromatic rings. The first kappa shape index (κ1) is 16.9. The molecule has 1 aliphatic rings. The Labute approximate surface area is 130 Å².